The Morgan fingerprint density at radius 3 is 2.58 bits per heavy atom. The number of hydrogen-bond donors (Lipinski definition) is 1. The lowest BCUT2D eigenvalue weighted by Gasteiger charge is -2.36. The maximum Gasteiger partial charge on any atom is 0.243 e. The number of amides is 1. The number of hydrogen-bond acceptors (Lipinski definition) is 3. The molecule has 1 N–H and O–H groups in total. The Labute approximate surface area is 152 Å². The van der Waals surface area contributed by atoms with E-state index < -0.39 is 21.9 Å². The van der Waals surface area contributed by atoms with Gasteiger partial charge < -0.3 is 5.32 Å². The fourth-order valence-electron chi connectivity index (χ4n) is 3.31. The van der Waals surface area contributed by atoms with E-state index in [1.807, 2.05) is 31.2 Å². The number of carbonyl (C=O) groups is 1. The van der Waals surface area contributed by atoms with E-state index in [1.54, 1.807) is 0 Å². The van der Waals surface area contributed by atoms with E-state index in [9.17, 15) is 17.6 Å². The molecule has 138 valence electrons. The van der Waals surface area contributed by atoms with Crippen molar-refractivity contribution in [3.63, 3.8) is 0 Å². The Kier molecular flexibility index (Phi) is 5.38. The molecule has 1 amide bonds. The van der Waals surface area contributed by atoms with Gasteiger partial charge in [0.1, 0.15) is 5.82 Å². The lowest BCUT2D eigenvalue weighted by Crippen LogP contribution is -2.42. The molecule has 5 nitrogen and oxygen atoms in total. The number of nitrogens with zero attached hydrogens (tertiary/aromatic N) is 1. The van der Waals surface area contributed by atoms with Gasteiger partial charge in [-0.05, 0) is 48.7 Å². The summed E-state index contributed by atoms with van der Waals surface area (Å²) < 4.78 is 40.8. The first kappa shape index (κ1) is 18.5. The van der Waals surface area contributed by atoms with Crippen LogP contribution < -0.4 is 5.32 Å². The third-order valence-corrected chi connectivity index (χ3v) is 6.46. The first-order valence-electron chi connectivity index (χ1n) is 8.55. The zero-order valence-electron chi connectivity index (χ0n) is 14.5. The van der Waals surface area contributed by atoms with Crippen molar-refractivity contribution in [1.82, 2.24) is 9.62 Å². The first-order chi connectivity index (χ1) is 12.4. The largest absolute Gasteiger partial charge is 0.356 e. The van der Waals surface area contributed by atoms with Gasteiger partial charge in [-0.15, -0.1) is 0 Å². The van der Waals surface area contributed by atoms with Crippen LogP contribution in [0.3, 0.4) is 0 Å². The summed E-state index contributed by atoms with van der Waals surface area (Å²) in [6.45, 7) is 2.58. The maximum atomic E-state index is 13.2. The van der Waals surface area contributed by atoms with E-state index >= 15 is 0 Å². The highest BCUT2D eigenvalue weighted by Crippen LogP contribution is 2.36. The van der Waals surface area contributed by atoms with E-state index in [1.165, 1.54) is 16.4 Å². The van der Waals surface area contributed by atoms with Crippen molar-refractivity contribution in [3.05, 3.63) is 65.5 Å². The number of carbonyl (C=O) groups excluding carboxylic acids is 1. The van der Waals surface area contributed by atoms with Gasteiger partial charge in [-0.1, -0.05) is 24.3 Å². The van der Waals surface area contributed by atoms with Gasteiger partial charge in [0, 0.05) is 19.5 Å². The molecule has 0 spiro atoms. The molecule has 26 heavy (non-hydrogen) atoms. The van der Waals surface area contributed by atoms with Crippen molar-refractivity contribution >= 4 is 15.9 Å². The molecule has 0 saturated heterocycles. The fourth-order valence-corrected chi connectivity index (χ4v) is 4.92. The molecule has 0 fully saturated rings. The topological polar surface area (TPSA) is 66.5 Å². The van der Waals surface area contributed by atoms with Gasteiger partial charge in [0.25, 0.3) is 0 Å². The highest BCUT2D eigenvalue weighted by Gasteiger charge is 2.37. The molecule has 2 aromatic carbocycles. The van der Waals surface area contributed by atoms with Crippen LogP contribution in [0.4, 0.5) is 4.39 Å². The number of nitrogens with one attached hydrogen (secondary N) is 1. The summed E-state index contributed by atoms with van der Waals surface area (Å²) in [6, 6.07) is 11.8. The first-order valence-corrected chi connectivity index (χ1v) is 9.99. The molecule has 0 radical (unpaired) electrons. The van der Waals surface area contributed by atoms with Crippen LogP contribution in [0, 0.1) is 5.82 Å². The van der Waals surface area contributed by atoms with Crippen LogP contribution in [0.5, 0.6) is 0 Å². The highest BCUT2D eigenvalue weighted by molar-refractivity contribution is 7.89. The van der Waals surface area contributed by atoms with Crippen molar-refractivity contribution in [2.45, 2.75) is 30.7 Å². The number of benzene rings is 2. The van der Waals surface area contributed by atoms with Crippen LogP contribution in [0.2, 0.25) is 0 Å². The van der Waals surface area contributed by atoms with E-state index in [4.69, 9.17) is 0 Å². The Hall–Kier alpha value is -2.25. The van der Waals surface area contributed by atoms with Crippen molar-refractivity contribution in [2.75, 3.05) is 13.1 Å². The summed E-state index contributed by atoms with van der Waals surface area (Å²) in [7, 11) is -3.84. The second-order valence-electron chi connectivity index (χ2n) is 6.19. The average molecular weight is 376 g/mol. The second-order valence-corrected chi connectivity index (χ2v) is 8.08. The van der Waals surface area contributed by atoms with Gasteiger partial charge in [0.15, 0.2) is 0 Å². The van der Waals surface area contributed by atoms with Crippen LogP contribution in [-0.4, -0.2) is 31.7 Å². The lowest BCUT2D eigenvalue weighted by atomic mass is 9.92. The molecule has 7 heteroatoms. The molecule has 3 rings (SSSR count). The molecular formula is C19H21FN2O3S. The molecule has 0 bridgehead atoms. The molecule has 1 aliphatic rings. The third kappa shape index (κ3) is 3.64. The zero-order chi connectivity index (χ0) is 18.7. The third-order valence-electron chi connectivity index (χ3n) is 4.54. The number of rotatable bonds is 5. The molecule has 0 aliphatic carbocycles. The summed E-state index contributed by atoms with van der Waals surface area (Å²) in [5.41, 5.74) is 1.89. The van der Waals surface area contributed by atoms with Gasteiger partial charge in [-0.2, -0.15) is 4.31 Å². The standard InChI is InChI=1S/C19H21FN2O3S/c1-2-21-19(23)13-18-17-6-4-3-5-14(17)11-12-22(18)26(24,25)16-9-7-15(20)8-10-16/h3-10,18H,2,11-13H2,1H3,(H,21,23)/t18-/m1/s1. The summed E-state index contributed by atoms with van der Waals surface area (Å²) >= 11 is 0. The summed E-state index contributed by atoms with van der Waals surface area (Å²) in [6.07, 6.45) is 0.619. The van der Waals surface area contributed by atoms with Crippen LogP contribution in [-0.2, 0) is 21.2 Å². The molecule has 0 aromatic heterocycles. The van der Waals surface area contributed by atoms with E-state index in [2.05, 4.69) is 5.32 Å². The van der Waals surface area contributed by atoms with Crippen molar-refractivity contribution < 1.29 is 17.6 Å². The van der Waals surface area contributed by atoms with Gasteiger partial charge in [0.05, 0.1) is 10.9 Å². The van der Waals surface area contributed by atoms with E-state index in [0.29, 0.717) is 13.0 Å². The summed E-state index contributed by atoms with van der Waals surface area (Å²) in [5, 5.41) is 2.73. The summed E-state index contributed by atoms with van der Waals surface area (Å²) in [4.78, 5) is 12.2. The SMILES string of the molecule is CCNC(=O)C[C@@H]1c2ccccc2CCN1S(=O)(=O)c1ccc(F)cc1. The second kappa shape index (κ2) is 7.55. The molecular weight excluding hydrogens is 355 g/mol. The van der Waals surface area contributed by atoms with Crippen molar-refractivity contribution in [2.24, 2.45) is 0 Å². The number of sulfonamides is 1. The number of fused-ring (bicyclic) bond motifs is 1. The Morgan fingerprint density at radius 2 is 1.88 bits per heavy atom. The molecule has 1 aliphatic heterocycles. The Bertz CT molecular complexity index is 897. The molecule has 1 atom stereocenters. The maximum absolute atomic E-state index is 13.2. The monoisotopic (exact) mass is 376 g/mol. The quantitative estimate of drug-likeness (QED) is 0.872. The summed E-state index contributed by atoms with van der Waals surface area (Å²) in [5.74, 6) is -0.694. The normalized spacial score (nSPS) is 17.5. The van der Waals surface area contributed by atoms with Crippen LogP contribution in [0.1, 0.15) is 30.5 Å². The predicted octanol–water partition coefficient (Wildman–Crippen LogP) is 2.64. The smallest absolute Gasteiger partial charge is 0.243 e. The molecule has 0 unspecified atom stereocenters. The van der Waals surface area contributed by atoms with Gasteiger partial charge >= 0.3 is 0 Å². The minimum Gasteiger partial charge on any atom is -0.356 e. The van der Waals surface area contributed by atoms with Crippen LogP contribution in [0.25, 0.3) is 0 Å². The van der Waals surface area contributed by atoms with Crippen molar-refractivity contribution in [3.8, 4) is 0 Å². The number of halogens is 1. The van der Waals surface area contributed by atoms with Gasteiger partial charge in [-0.25, -0.2) is 12.8 Å². The Morgan fingerprint density at radius 1 is 1.19 bits per heavy atom. The van der Waals surface area contributed by atoms with Crippen LogP contribution >= 0.6 is 0 Å². The average Bonchev–Trinajstić information content (AvgIpc) is 2.62. The Balaban J connectivity index is 2.01. The molecule has 2 aromatic rings. The minimum absolute atomic E-state index is 0.0270. The highest BCUT2D eigenvalue weighted by atomic mass is 32.2. The predicted molar refractivity (Wildman–Crippen MR) is 96.5 cm³/mol. The van der Waals surface area contributed by atoms with Gasteiger partial charge in [-0.3, -0.25) is 4.79 Å². The van der Waals surface area contributed by atoms with E-state index in [-0.39, 0.29) is 23.8 Å². The fraction of sp³-hybridized carbons (Fsp3) is 0.316. The lowest BCUT2D eigenvalue weighted by molar-refractivity contribution is -0.121. The van der Waals surface area contributed by atoms with Crippen LogP contribution in [0.15, 0.2) is 53.4 Å². The zero-order valence-corrected chi connectivity index (χ0v) is 15.3. The van der Waals surface area contributed by atoms with Gasteiger partial charge in [0.2, 0.25) is 15.9 Å². The van der Waals surface area contributed by atoms with Crippen molar-refractivity contribution in [1.29, 1.82) is 0 Å². The molecule has 1 heterocycles. The van der Waals surface area contributed by atoms with E-state index in [0.717, 1.165) is 23.3 Å². The molecule has 0 saturated carbocycles. The minimum atomic E-state index is -3.84.